The minimum atomic E-state index is -5.25. The maximum absolute atomic E-state index is 13.2. The molecule has 0 fully saturated rings. The van der Waals surface area contributed by atoms with E-state index in [0.717, 1.165) is 24.3 Å². The van der Waals surface area contributed by atoms with Gasteiger partial charge in [-0.3, -0.25) is 10.1 Å². The second kappa shape index (κ2) is 5.78. The molecular formula is C13H6F6N6O2. The van der Waals surface area contributed by atoms with Crippen LogP contribution in [0.4, 0.5) is 37.8 Å². The Labute approximate surface area is 144 Å². The van der Waals surface area contributed by atoms with Gasteiger partial charge in [0.2, 0.25) is 5.82 Å². The average Bonchev–Trinajstić information content (AvgIpc) is 2.89. The smallest absolute Gasteiger partial charge is 0.383 e. The standard InChI is InChI=1S/C13H6F6N6O2/c14-12(15,16)8-7-9(20)24(5-1-3-6(4-2-5)25(26)27)23-10(7)22-11(21-8)13(17,18)19/h1-4H,20H2. The molecule has 0 aliphatic carbocycles. The molecule has 2 heterocycles. The quantitative estimate of drug-likeness (QED) is 0.407. The number of nitro benzene ring substituents is 1. The molecule has 0 aliphatic rings. The molecule has 2 N–H and O–H groups in total. The number of nitrogen functional groups attached to an aromatic ring is 1. The number of rotatable bonds is 2. The Morgan fingerprint density at radius 3 is 2.07 bits per heavy atom. The zero-order valence-corrected chi connectivity index (χ0v) is 12.7. The predicted octanol–water partition coefficient (Wildman–Crippen LogP) is 3.34. The van der Waals surface area contributed by atoms with Crippen LogP contribution in [-0.2, 0) is 12.4 Å². The van der Waals surface area contributed by atoms with Gasteiger partial charge in [-0.2, -0.15) is 26.3 Å². The minimum absolute atomic E-state index is 0.0159. The van der Waals surface area contributed by atoms with Gasteiger partial charge in [-0.05, 0) is 12.1 Å². The minimum Gasteiger partial charge on any atom is -0.383 e. The second-order valence-electron chi connectivity index (χ2n) is 5.16. The van der Waals surface area contributed by atoms with Crippen LogP contribution in [0.25, 0.3) is 16.7 Å². The molecule has 3 rings (SSSR count). The molecule has 0 aliphatic heterocycles. The number of nitro groups is 1. The Morgan fingerprint density at radius 2 is 1.59 bits per heavy atom. The Morgan fingerprint density at radius 1 is 1.00 bits per heavy atom. The first-order valence-corrected chi connectivity index (χ1v) is 6.85. The molecule has 0 amide bonds. The van der Waals surface area contributed by atoms with Crippen LogP contribution < -0.4 is 5.73 Å². The van der Waals surface area contributed by atoms with Crippen molar-refractivity contribution in [3.05, 3.63) is 45.9 Å². The highest BCUT2D eigenvalue weighted by molar-refractivity contribution is 5.90. The van der Waals surface area contributed by atoms with E-state index in [2.05, 4.69) is 15.1 Å². The van der Waals surface area contributed by atoms with Crippen molar-refractivity contribution in [3.8, 4) is 5.69 Å². The fraction of sp³-hybridized carbons (Fsp3) is 0.154. The van der Waals surface area contributed by atoms with Gasteiger partial charge in [-0.25, -0.2) is 14.6 Å². The fourth-order valence-corrected chi connectivity index (χ4v) is 2.26. The maximum Gasteiger partial charge on any atom is 0.451 e. The van der Waals surface area contributed by atoms with Crippen LogP contribution >= 0.6 is 0 Å². The Balaban J connectivity index is 2.28. The normalized spacial score (nSPS) is 12.5. The number of aromatic nitrogens is 4. The van der Waals surface area contributed by atoms with Crippen LogP contribution in [0.15, 0.2) is 24.3 Å². The van der Waals surface area contributed by atoms with E-state index in [1.165, 1.54) is 0 Å². The molecule has 1 aromatic carbocycles. The van der Waals surface area contributed by atoms with E-state index in [0.29, 0.717) is 4.68 Å². The lowest BCUT2D eigenvalue weighted by atomic mass is 10.2. The summed E-state index contributed by atoms with van der Waals surface area (Å²) in [5.74, 6) is -2.68. The molecule has 0 bridgehead atoms. The van der Waals surface area contributed by atoms with Crippen LogP contribution in [0.2, 0.25) is 0 Å². The summed E-state index contributed by atoms with van der Waals surface area (Å²) in [4.78, 5) is 15.5. The van der Waals surface area contributed by atoms with Crippen molar-refractivity contribution in [3.63, 3.8) is 0 Å². The lowest BCUT2D eigenvalue weighted by Gasteiger charge is -2.10. The van der Waals surface area contributed by atoms with E-state index < -0.39 is 45.6 Å². The molecule has 0 spiro atoms. The topological polar surface area (TPSA) is 113 Å². The van der Waals surface area contributed by atoms with Gasteiger partial charge in [-0.1, -0.05) is 0 Å². The first kappa shape index (κ1) is 18.3. The molecule has 0 saturated carbocycles. The van der Waals surface area contributed by atoms with Gasteiger partial charge in [0.15, 0.2) is 11.3 Å². The van der Waals surface area contributed by atoms with Crippen LogP contribution in [0.5, 0.6) is 0 Å². The van der Waals surface area contributed by atoms with E-state index in [1.807, 2.05) is 0 Å². The van der Waals surface area contributed by atoms with E-state index in [4.69, 9.17) is 5.73 Å². The number of anilines is 1. The van der Waals surface area contributed by atoms with Gasteiger partial charge in [0.1, 0.15) is 5.82 Å². The highest BCUT2D eigenvalue weighted by Crippen LogP contribution is 2.38. The number of hydrogen-bond donors (Lipinski definition) is 1. The van der Waals surface area contributed by atoms with Gasteiger partial charge in [0, 0.05) is 12.1 Å². The SMILES string of the molecule is Nc1c2c(C(F)(F)F)nc(C(F)(F)F)nc2nn1-c1ccc([N+](=O)[O-])cc1. The van der Waals surface area contributed by atoms with Gasteiger partial charge in [-0.15, -0.1) is 5.10 Å². The van der Waals surface area contributed by atoms with Gasteiger partial charge >= 0.3 is 12.4 Å². The summed E-state index contributed by atoms with van der Waals surface area (Å²) in [6.07, 6.45) is -10.5. The number of fused-ring (bicyclic) bond motifs is 1. The number of benzene rings is 1. The molecule has 0 unspecified atom stereocenters. The van der Waals surface area contributed by atoms with Crippen molar-refractivity contribution in [2.45, 2.75) is 12.4 Å². The summed E-state index contributed by atoms with van der Waals surface area (Å²) in [6, 6.07) is 4.29. The van der Waals surface area contributed by atoms with E-state index in [1.54, 1.807) is 0 Å². The molecule has 0 radical (unpaired) electrons. The highest BCUT2D eigenvalue weighted by atomic mass is 19.4. The predicted molar refractivity (Wildman–Crippen MR) is 77.7 cm³/mol. The zero-order valence-electron chi connectivity index (χ0n) is 12.7. The maximum atomic E-state index is 13.2. The molecule has 0 saturated heterocycles. The van der Waals surface area contributed by atoms with E-state index >= 15 is 0 Å². The van der Waals surface area contributed by atoms with Crippen molar-refractivity contribution in [2.24, 2.45) is 0 Å². The molecule has 0 atom stereocenters. The average molecular weight is 392 g/mol. The number of nitrogens with two attached hydrogens (primary N) is 1. The summed E-state index contributed by atoms with van der Waals surface area (Å²) in [5, 5.41) is 13.3. The van der Waals surface area contributed by atoms with Crippen molar-refractivity contribution in [1.29, 1.82) is 0 Å². The fourth-order valence-electron chi connectivity index (χ4n) is 2.26. The van der Waals surface area contributed by atoms with E-state index in [9.17, 15) is 36.5 Å². The van der Waals surface area contributed by atoms with Gasteiger partial charge in [0.05, 0.1) is 16.0 Å². The van der Waals surface area contributed by atoms with Crippen LogP contribution in [0, 0.1) is 10.1 Å². The van der Waals surface area contributed by atoms with Gasteiger partial charge < -0.3 is 5.73 Å². The van der Waals surface area contributed by atoms with Crippen LogP contribution in [0.3, 0.4) is 0 Å². The van der Waals surface area contributed by atoms with Crippen LogP contribution in [0.1, 0.15) is 11.5 Å². The second-order valence-corrected chi connectivity index (χ2v) is 5.16. The van der Waals surface area contributed by atoms with Crippen molar-refractivity contribution < 1.29 is 31.3 Å². The first-order chi connectivity index (χ1) is 12.4. The van der Waals surface area contributed by atoms with Crippen molar-refractivity contribution in [1.82, 2.24) is 19.7 Å². The summed E-state index contributed by atoms with van der Waals surface area (Å²) < 4.78 is 78.7. The third-order valence-corrected chi connectivity index (χ3v) is 3.40. The molecule has 2 aromatic heterocycles. The summed E-state index contributed by atoms with van der Waals surface area (Å²) in [7, 11) is 0. The number of non-ortho nitro benzene ring substituents is 1. The summed E-state index contributed by atoms with van der Waals surface area (Å²) in [6.45, 7) is 0. The molecule has 14 heteroatoms. The Kier molecular flexibility index (Phi) is 3.93. The largest absolute Gasteiger partial charge is 0.451 e. The number of hydrogen-bond acceptors (Lipinski definition) is 6. The number of nitrogens with zero attached hydrogens (tertiary/aromatic N) is 5. The lowest BCUT2D eigenvalue weighted by molar-refractivity contribution is -0.384. The molecule has 142 valence electrons. The lowest BCUT2D eigenvalue weighted by Crippen LogP contribution is -2.17. The van der Waals surface area contributed by atoms with Crippen molar-refractivity contribution in [2.75, 3.05) is 5.73 Å². The summed E-state index contributed by atoms with van der Waals surface area (Å²) >= 11 is 0. The third kappa shape index (κ3) is 3.20. The Hall–Kier alpha value is -3.45. The molecule has 3 aromatic rings. The molecular weight excluding hydrogens is 386 g/mol. The zero-order chi connectivity index (χ0) is 20.1. The summed E-state index contributed by atoms with van der Waals surface area (Å²) in [5.41, 5.74) is 2.50. The van der Waals surface area contributed by atoms with Crippen molar-refractivity contribution >= 4 is 22.5 Å². The highest BCUT2D eigenvalue weighted by Gasteiger charge is 2.43. The van der Waals surface area contributed by atoms with Crippen LogP contribution in [-0.4, -0.2) is 24.7 Å². The molecule has 8 nitrogen and oxygen atoms in total. The molecule has 27 heavy (non-hydrogen) atoms. The number of halogens is 6. The number of alkyl halides is 6. The van der Waals surface area contributed by atoms with Gasteiger partial charge in [0.25, 0.3) is 5.69 Å². The Bertz CT molecular complexity index is 1040. The first-order valence-electron chi connectivity index (χ1n) is 6.85. The third-order valence-electron chi connectivity index (χ3n) is 3.40. The monoisotopic (exact) mass is 392 g/mol. The van der Waals surface area contributed by atoms with E-state index in [-0.39, 0.29) is 11.4 Å².